The first kappa shape index (κ1) is 16.9. The van der Waals surface area contributed by atoms with E-state index >= 15 is 0 Å². The normalized spacial score (nSPS) is 11.2. The number of benzene rings is 3. The molecule has 0 saturated carbocycles. The Bertz CT molecular complexity index is 841. The zero-order valence-corrected chi connectivity index (χ0v) is 13.4. The van der Waals surface area contributed by atoms with Crippen molar-refractivity contribution in [3.8, 4) is 28.4 Å². The smallest absolute Gasteiger partial charge is 0.457 e. The third kappa shape index (κ3) is 4.53. The average molecular weight is 344 g/mol. The first-order valence-corrected chi connectivity index (χ1v) is 7.60. The minimum atomic E-state index is -4.74. The molecule has 0 saturated heterocycles. The van der Waals surface area contributed by atoms with Crippen LogP contribution in [-0.2, 0) is 0 Å². The summed E-state index contributed by atoms with van der Waals surface area (Å²) < 4.78 is 47.6. The highest BCUT2D eigenvalue weighted by Gasteiger charge is 2.32. The summed E-state index contributed by atoms with van der Waals surface area (Å²) in [5.41, 5.74) is 1.83. The van der Waals surface area contributed by atoms with Gasteiger partial charge in [-0.15, -0.1) is 13.2 Å². The second kappa shape index (κ2) is 6.89. The third-order valence-electron chi connectivity index (χ3n) is 3.50. The van der Waals surface area contributed by atoms with E-state index in [-0.39, 0.29) is 5.75 Å². The van der Waals surface area contributed by atoms with E-state index in [0.717, 1.165) is 5.56 Å². The number of alkyl halides is 3. The van der Waals surface area contributed by atoms with E-state index in [1.807, 2.05) is 37.3 Å². The number of halogens is 3. The van der Waals surface area contributed by atoms with Crippen molar-refractivity contribution in [3.05, 3.63) is 78.4 Å². The molecular formula is C20H15F3O2. The molecule has 0 aliphatic rings. The largest absolute Gasteiger partial charge is 0.573 e. The number of ether oxygens (including phenoxy) is 2. The molecule has 3 aromatic rings. The Kier molecular flexibility index (Phi) is 4.65. The predicted molar refractivity (Wildman–Crippen MR) is 89.8 cm³/mol. The van der Waals surface area contributed by atoms with E-state index in [9.17, 15) is 13.2 Å². The predicted octanol–water partition coefficient (Wildman–Crippen LogP) is 6.35. The number of aryl methyl sites for hydroxylation is 1. The van der Waals surface area contributed by atoms with Crippen LogP contribution < -0.4 is 9.47 Å². The summed E-state index contributed by atoms with van der Waals surface area (Å²) in [6.45, 7) is 1.81. The SMILES string of the molecule is Cc1ccc(OC(F)(F)F)c(-c2ccc(Oc3ccccc3)cc2)c1. The van der Waals surface area contributed by atoms with Crippen LogP contribution in [0.1, 0.15) is 5.56 Å². The van der Waals surface area contributed by atoms with Gasteiger partial charge in [0.15, 0.2) is 0 Å². The zero-order valence-electron chi connectivity index (χ0n) is 13.4. The van der Waals surface area contributed by atoms with Gasteiger partial charge >= 0.3 is 6.36 Å². The van der Waals surface area contributed by atoms with Crippen LogP contribution in [0.5, 0.6) is 17.2 Å². The number of rotatable bonds is 4. The lowest BCUT2D eigenvalue weighted by atomic mass is 10.0. The molecule has 0 bridgehead atoms. The van der Waals surface area contributed by atoms with Crippen LogP contribution in [0.25, 0.3) is 11.1 Å². The first-order chi connectivity index (χ1) is 11.9. The first-order valence-electron chi connectivity index (χ1n) is 7.60. The summed E-state index contributed by atoms with van der Waals surface area (Å²) in [4.78, 5) is 0. The minimum absolute atomic E-state index is 0.227. The van der Waals surface area contributed by atoms with Crippen molar-refractivity contribution in [2.45, 2.75) is 13.3 Å². The van der Waals surface area contributed by atoms with Gasteiger partial charge in [0.05, 0.1) is 0 Å². The van der Waals surface area contributed by atoms with Crippen LogP contribution in [0, 0.1) is 6.92 Å². The van der Waals surface area contributed by atoms with Gasteiger partial charge in [0.1, 0.15) is 17.2 Å². The van der Waals surface area contributed by atoms with Gasteiger partial charge in [-0.1, -0.05) is 42.0 Å². The van der Waals surface area contributed by atoms with Crippen molar-refractivity contribution in [1.82, 2.24) is 0 Å². The van der Waals surface area contributed by atoms with E-state index in [4.69, 9.17) is 4.74 Å². The average Bonchev–Trinajstić information content (AvgIpc) is 2.57. The second-order valence-corrected chi connectivity index (χ2v) is 5.49. The fourth-order valence-electron chi connectivity index (χ4n) is 2.41. The Morgan fingerprint density at radius 2 is 1.40 bits per heavy atom. The van der Waals surface area contributed by atoms with Gasteiger partial charge in [-0.2, -0.15) is 0 Å². The highest BCUT2D eigenvalue weighted by Crippen LogP contribution is 2.35. The topological polar surface area (TPSA) is 18.5 Å². The van der Waals surface area contributed by atoms with E-state index in [1.165, 1.54) is 6.07 Å². The Morgan fingerprint density at radius 1 is 0.760 bits per heavy atom. The molecule has 0 N–H and O–H groups in total. The molecule has 0 radical (unpaired) electrons. The monoisotopic (exact) mass is 344 g/mol. The van der Waals surface area contributed by atoms with E-state index in [1.54, 1.807) is 36.4 Å². The molecule has 128 valence electrons. The van der Waals surface area contributed by atoms with Crippen LogP contribution in [0.15, 0.2) is 72.8 Å². The van der Waals surface area contributed by atoms with E-state index in [2.05, 4.69) is 4.74 Å². The molecule has 3 aromatic carbocycles. The highest BCUT2D eigenvalue weighted by molar-refractivity contribution is 5.71. The maximum absolute atomic E-state index is 12.6. The fraction of sp³-hybridized carbons (Fsp3) is 0.100. The maximum atomic E-state index is 12.6. The van der Waals surface area contributed by atoms with Crippen molar-refractivity contribution in [1.29, 1.82) is 0 Å². The minimum Gasteiger partial charge on any atom is -0.457 e. The molecule has 5 heteroatoms. The third-order valence-corrected chi connectivity index (χ3v) is 3.50. The Hall–Kier alpha value is -2.95. The number of hydrogen-bond donors (Lipinski definition) is 0. The molecule has 0 aliphatic carbocycles. The van der Waals surface area contributed by atoms with Gasteiger partial charge in [0.25, 0.3) is 0 Å². The van der Waals surface area contributed by atoms with Crippen LogP contribution in [0.3, 0.4) is 0 Å². The van der Waals surface area contributed by atoms with Crippen LogP contribution in [-0.4, -0.2) is 6.36 Å². The van der Waals surface area contributed by atoms with Crippen molar-refractivity contribution < 1.29 is 22.6 Å². The highest BCUT2D eigenvalue weighted by atomic mass is 19.4. The summed E-state index contributed by atoms with van der Waals surface area (Å²) in [5.74, 6) is 1.06. The maximum Gasteiger partial charge on any atom is 0.573 e. The molecule has 0 amide bonds. The lowest BCUT2D eigenvalue weighted by Gasteiger charge is -2.14. The van der Waals surface area contributed by atoms with Crippen molar-refractivity contribution in [3.63, 3.8) is 0 Å². The standard InChI is InChI=1S/C20H15F3O2/c1-14-7-12-19(25-20(21,22)23)18(13-14)15-8-10-17(11-9-15)24-16-5-3-2-4-6-16/h2-13H,1H3. The van der Waals surface area contributed by atoms with E-state index < -0.39 is 6.36 Å². The van der Waals surface area contributed by atoms with Crippen LogP contribution in [0.4, 0.5) is 13.2 Å². The van der Waals surface area contributed by atoms with Crippen LogP contribution in [0.2, 0.25) is 0 Å². The van der Waals surface area contributed by atoms with Gasteiger partial charge < -0.3 is 9.47 Å². The van der Waals surface area contributed by atoms with Gasteiger partial charge in [-0.25, -0.2) is 0 Å². The van der Waals surface area contributed by atoms with Gasteiger partial charge in [0, 0.05) is 5.56 Å². The summed E-state index contributed by atoms with van der Waals surface area (Å²) in [7, 11) is 0. The fourth-order valence-corrected chi connectivity index (χ4v) is 2.41. The van der Waals surface area contributed by atoms with Gasteiger partial charge in [0.2, 0.25) is 0 Å². The molecule has 0 fully saturated rings. The summed E-state index contributed by atoms with van der Waals surface area (Å²) in [5, 5.41) is 0. The molecular weight excluding hydrogens is 329 g/mol. The Balaban J connectivity index is 1.88. The summed E-state index contributed by atoms with van der Waals surface area (Å²) >= 11 is 0. The number of hydrogen-bond acceptors (Lipinski definition) is 2. The molecule has 3 rings (SSSR count). The zero-order chi connectivity index (χ0) is 17.9. The van der Waals surface area contributed by atoms with Crippen molar-refractivity contribution in [2.24, 2.45) is 0 Å². The summed E-state index contributed by atoms with van der Waals surface area (Å²) in [6.07, 6.45) is -4.74. The molecule has 0 unspecified atom stereocenters. The Labute approximate surface area is 143 Å². The van der Waals surface area contributed by atoms with Crippen LogP contribution >= 0.6 is 0 Å². The number of para-hydroxylation sites is 1. The lowest BCUT2D eigenvalue weighted by molar-refractivity contribution is -0.274. The summed E-state index contributed by atoms with van der Waals surface area (Å²) in [6, 6.07) is 20.6. The molecule has 0 aromatic heterocycles. The quantitative estimate of drug-likeness (QED) is 0.549. The Morgan fingerprint density at radius 3 is 2.04 bits per heavy atom. The van der Waals surface area contributed by atoms with Gasteiger partial charge in [-0.05, 0) is 48.9 Å². The molecule has 0 atom stereocenters. The van der Waals surface area contributed by atoms with E-state index in [0.29, 0.717) is 22.6 Å². The van der Waals surface area contributed by atoms with Gasteiger partial charge in [-0.3, -0.25) is 0 Å². The molecule has 0 aliphatic heterocycles. The lowest BCUT2D eigenvalue weighted by Crippen LogP contribution is -2.17. The second-order valence-electron chi connectivity index (χ2n) is 5.49. The molecule has 0 heterocycles. The van der Waals surface area contributed by atoms with Crippen molar-refractivity contribution >= 4 is 0 Å². The molecule has 2 nitrogen and oxygen atoms in total. The molecule has 25 heavy (non-hydrogen) atoms. The van der Waals surface area contributed by atoms with Crippen molar-refractivity contribution in [2.75, 3.05) is 0 Å². The molecule has 0 spiro atoms.